The van der Waals surface area contributed by atoms with Crippen molar-refractivity contribution in [2.75, 3.05) is 19.3 Å². The van der Waals surface area contributed by atoms with Crippen LogP contribution in [0.15, 0.2) is 40.8 Å². The number of piperidine rings is 1. The number of likely N-dealkylation sites (tertiary alicyclic amines) is 1. The second-order valence-corrected chi connectivity index (χ2v) is 8.50. The number of rotatable bonds is 4. The van der Waals surface area contributed by atoms with Crippen LogP contribution in [0.2, 0.25) is 0 Å². The molecule has 0 aliphatic carbocycles. The van der Waals surface area contributed by atoms with Gasteiger partial charge in [-0.05, 0) is 37.1 Å². The van der Waals surface area contributed by atoms with Crippen LogP contribution in [0, 0.1) is 0 Å². The number of hydrogen-bond acceptors (Lipinski definition) is 4. The van der Waals surface area contributed by atoms with Gasteiger partial charge in [-0.2, -0.15) is 13.2 Å². The third kappa shape index (κ3) is 4.93. The minimum Gasteiger partial charge on any atom is -0.451 e. The lowest BCUT2D eigenvalue weighted by atomic mass is 10.1. The SMILES string of the molecule is CS(=O)(=O)NC1CCCN(C(=O)c2ccc(-c3cccc(C(F)(F)F)c3)o2)C1. The van der Waals surface area contributed by atoms with Gasteiger partial charge in [0.2, 0.25) is 10.0 Å². The molecule has 0 bridgehead atoms. The van der Waals surface area contributed by atoms with Crippen molar-refractivity contribution in [3.63, 3.8) is 0 Å². The summed E-state index contributed by atoms with van der Waals surface area (Å²) in [5.74, 6) is -0.289. The molecule has 3 rings (SSSR count). The van der Waals surface area contributed by atoms with Crippen molar-refractivity contribution in [1.29, 1.82) is 0 Å². The van der Waals surface area contributed by atoms with Crippen LogP contribution < -0.4 is 4.72 Å². The molecule has 1 aromatic heterocycles. The van der Waals surface area contributed by atoms with Crippen LogP contribution in [-0.2, 0) is 16.2 Å². The molecule has 1 fully saturated rings. The first-order valence-corrected chi connectivity index (χ1v) is 10.5. The van der Waals surface area contributed by atoms with E-state index in [1.54, 1.807) is 0 Å². The molecular weight excluding hydrogens is 397 g/mol. The van der Waals surface area contributed by atoms with Crippen LogP contribution in [0.3, 0.4) is 0 Å². The zero-order valence-corrected chi connectivity index (χ0v) is 15.8. The summed E-state index contributed by atoms with van der Waals surface area (Å²) in [5, 5.41) is 0. The smallest absolute Gasteiger partial charge is 0.416 e. The maximum atomic E-state index is 12.9. The fourth-order valence-corrected chi connectivity index (χ4v) is 3.97. The van der Waals surface area contributed by atoms with Gasteiger partial charge in [0, 0.05) is 24.7 Å². The number of nitrogens with zero attached hydrogens (tertiary/aromatic N) is 1. The highest BCUT2D eigenvalue weighted by Crippen LogP contribution is 2.32. The second-order valence-electron chi connectivity index (χ2n) is 6.72. The number of furan rings is 1. The maximum absolute atomic E-state index is 12.9. The van der Waals surface area contributed by atoms with Crippen LogP contribution in [0.4, 0.5) is 13.2 Å². The molecule has 6 nitrogen and oxygen atoms in total. The van der Waals surface area contributed by atoms with E-state index < -0.39 is 27.7 Å². The summed E-state index contributed by atoms with van der Waals surface area (Å²) in [4.78, 5) is 14.1. The standard InChI is InChI=1S/C18H19F3N2O4S/c1-28(25,26)22-14-6-3-9-23(11-14)17(24)16-8-7-15(27-16)12-4-2-5-13(10-12)18(19,20)21/h2,4-5,7-8,10,14,22H,3,6,9,11H2,1H3. The molecule has 28 heavy (non-hydrogen) atoms. The maximum Gasteiger partial charge on any atom is 0.416 e. The number of carbonyl (C=O) groups excluding carboxylic acids is 1. The Morgan fingerprint density at radius 3 is 2.68 bits per heavy atom. The molecule has 1 N–H and O–H groups in total. The molecule has 2 aromatic rings. The Bertz CT molecular complexity index is 969. The molecule has 152 valence electrons. The summed E-state index contributed by atoms with van der Waals surface area (Å²) in [5.41, 5.74) is -0.593. The number of sulfonamides is 1. The lowest BCUT2D eigenvalue weighted by Crippen LogP contribution is -2.49. The lowest BCUT2D eigenvalue weighted by molar-refractivity contribution is -0.137. The molecule has 1 aliphatic heterocycles. The van der Waals surface area contributed by atoms with Gasteiger partial charge in [-0.15, -0.1) is 0 Å². The molecule has 0 spiro atoms. The van der Waals surface area contributed by atoms with Gasteiger partial charge in [-0.25, -0.2) is 13.1 Å². The number of halogens is 3. The highest BCUT2D eigenvalue weighted by Gasteiger charge is 2.31. The number of carbonyl (C=O) groups is 1. The van der Waals surface area contributed by atoms with E-state index in [4.69, 9.17) is 4.42 Å². The lowest BCUT2D eigenvalue weighted by Gasteiger charge is -2.32. The Balaban J connectivity index is 1.76. The van der Waals surface area contributed by atoms with E-state index in [0.29, 0.717) is 19.4 Å². The fourth-order valence-electron chi connectivity index (χ4n) is 3.17. The van der Waals surface area contributed by atoms with Crippen LogP contribution in [0.5, 0.6) is 0 Å². The zero-order valence-electron chi connectivity index (χ0n) is 15.0. The van der Waals surface area contributed by atoms with E-state index in [1.807, 2.05) is 0 Å². The van der Waals surface area contributed by atoms with Gasteiger partial charge >= 0.3 is 6.18 Å². The van der Waals surface area contributed by atoms with Crippen molar-refractivity contribution in [1.82, 2.24) is 9.62 Å². The Kier molecular flexibility index (Phi) is 5.53. The Hall–Kier alpha value is -2.33. The molecule has 1 unspecified atom stereocenters. The van der Waals surface area contributed by atoms with Crippen molar-refractivity contribution >= 4 is 15.9 Å². The average Bonchev–Trinajstić information content (AvgIpc) is 3.09. The van der Waals surface area contributed by atoms with Crippen molar-refractivity contribution in [3.8, 4) is 11.3 Å². The molecule has 1 amide bonds. The highest BCUT2D eigenvalue weighted by atomic mass is 32.2. The number of benzene rings is 1. The predicted molar refractivity (Wildman–Crippen MR) is 96.1 cm³/mol. The zero-order chi connectivity index (χ0) is 20.5. The number of alkyl halides is 3. The van der Waals surface area contributed by atoms with Gasteiger partial charge < -0.3 is 9.32 Å². The van der Waals surface area contributed by atoms with Crippen LogP contribution >= 0.6 is 0 Å². The summed E-state index contributed by atoms with van der Waals surface area (Å²) in [7, 11) is -3.39. The highest BCUT2D eigenvalue weighted by molar-refractivity contribution is 7.88. The minimum absolute atomic E-state index is 0.00702. The summed E-state index contributed by atoms with van der Waals surface area (Å²) in [6.45, 7) is 0.645. The molecule has 2 heterocycles. The largest absolute Gasteiger partial charge is 0.451 e. The summed E-state index contributed by atoms with van der Waals surface area (Å²) < 4.78 is 69.4. The fraction of sp³-hybridized carbons (Fsp3) is 0.389. The van der Waals surface area contributed by atoms with Gasteiger partial charge in [0.25, 0.3) is 5.91 Å². The minimum atomic E-state index is -4.48. The Labute approximate surface area is 160 Å². The molecule has 10 heteroatoms. The predicted octanol–water partition coefficient (Wildman–Crippen LogP) is 3.12. The normalized spacial score (nSPS) is 18.3. The monoisotopic (exact) mass is 416 g/mol. The molecule has 1 saturated heterocycles. The van der Waals surface area contributed by atoms with E-state index >= 15 is 0 Å². The van der Waals surface area contributed by atoms with Crippen molar-refractivity contribution in [2.24, 2.45) is 0 Å². The molecular formula is C18H19F3N2O4S. The van der Waals surface area contributed by atoms with E-state index in [9.17, 15) is 26.4 Å². The Morgan fingerprint density at radius 2 is 2.00 bits per heavy atom. The first-order valence-electron chi connectivity index (χ1n) is 8.57. The molecule has 0 saturated carbocycles. The van der Waals surface area contributed by atoms with E-state index in [2.05, 4.69) is 4.72 Å². The van der Waals surface area contributed by atoms with Crippen LogP contribution in [0.1, 0.15) is 29.0 Å². The summed E-state index contributed by atoms with van der Waals surface area (Å²) in [6.07, 6.45) is -2.18. The van der Waals surface area contributed by atoms with Crippen LogP contribution in [0.25, 0.3) is 11.3 Å². The third-order valence-corrected chi connectivity index (χ3v) is 5.14. The molecule has 1 aromatic carbocycles. The number of nitrogens with one attached hydrogen (secondary N) is 1. The van der Waals surface area contributed by atoms with Crippen molar-refractivity contribution < 1.29 is 30.8 Å². The van der Waals surface area contributed by atoms with Crippen molar-refractivity contribution in [2.45, 2.75) is 25.1 Å². The number of hydrogen-bond donors (Lipinski definition) is 1. The molecule has 0 radical (unpaired) electrons. The summed E-state index contributed by atoms with van der Waals surface area (Å²) >= 11 is 0. The third-order valence-electron chi connectivity index (χ3n) is 4.38. The molecule has 1 atom stereocenters. The average molecular weight is 416 g/mol. The summed E-state index contributed by atoms with van der Waals surface area (Å²) in [6, 6.07) is 7.13. The van der Waals surface area contributed by atoms with Gasteiger partial charge in [0.1, 0.15) is 5.76 Å². The topological polar surface area (TPSA) is 79.6 Å². The first kappa shape index (κ1) is 20.4. The van der Waals surface area contributed by atoms with Gasteiger partial charge in [-0.3, -0.25) is 4.79 Å². The first-order chi connectivity index (χ1) is 13.0. The Morgan fingerprint density at radius 1 is 1.25 bits per heavy atom. The quantitative estimate of drug-likeness (QED) is 0.831. The van der Waals surface area contributed by atoms with Gasteiger partial charge in [0.05, 0.1) is 11.8 Å². The molecule has 1 aliphatic rings. The van der Waals surface area contributed by atoms with Gasteiger partial charge in [-0.1, -0.05) is 12.1 Å². The van der Waals surface area contributed by atoms with E-state index in [0.717, 1.165) is 18.4 Å². The van der Waals surface area contributed by atoms with E-state index in [-0.39, 0.29) is 29.7 Å². The van der Waals surface area contributed by atoms with Gasteiger partial charge in [0.15, 0.2) is 5.76 Å². The second kappa shape index (κ2) is 7.59. The van der Waals surface area contributed by atoms with Crippen molar-refractivity contribution in [3.05, 3.63) is 47.7 Å². The number of amides is 1. The van der Waals surface area contributed by atoms with E-state index in [1.165, 1.54) is 29.2 Å². The van der Waals surface area contributed by atoms with Crippen LogP contribution in [-0.4, -0.2) is 44.6 Å².